The molecule has 1 aromatic rings. The van der Waals surface area contributed by atoms with Gasteiger partial charge in [-0.25, -0.2) is 0 Å². The molecular formula is C8H5Br2ClO2. The highest BCUT2D eigenvalue weighted by Gasteiger charge is 2.08. The highest BCUT2D eigenvalue weighted by atomic mass is 79.9. The third-order valence-corrected chi connectivity index (χ3v) is 3.63. The van der Waals surface area contributed by atoms with Crippen LogP contribution in [0.3, 0.4) is 0 Å². The first-order valence-corrected chi connectivity index (χ1v) is 5.32. The molecule has 1 rings (SSSR count). The van der Waals surface area contributed by atoms with E-state index in [1.165, 1.54) is 0 Å². The fraction of sp³-hybridized carbons (Fsp3) is 0.125. The molecule has 0 fully saturated rings. The number of halogens is 3. The Balaban J connectivity index is 3.08. The molecule has 0 bridgehead atoms. The van der Waals surface area contributed by atoms with E-state index in [4.69, 9.17) is 16.7 Å². The summed E-state index contributed by atoms with van der Waals surface area (Å²) in [6, 6.07) is 3.37. The van der Waals surface area contributed by atoms with Crippen molar-refractivity contribution in [2.45, 2.75) is 6.42 Å². The molecule has 0 heterocycles. The topological polar surface area (TPSA) is 37.3 Å². The number of aliphatic carboxylic acids is 1. The van der Waals surface area contributed by atoms with Crippen LogP contribution in [0.2, 0.25) is 5.02 Å². The molecule has 0 unspecified atom stereocenters. The summed E-state index contributed by atoms with van der Waals surface area (Å²) in [6.45, 7) is 0. The molecule has 0 saturated carbocycles. The van der Waals surface area contributed by atoms with Crippen LogP contribution in [0.15, 0.2) is 21.1 Å². The molecule has 0 aromatic heterocycles. The van der Waals surface area contributed by atoms with Crippen molar-refractivity contribution < 1.29 is 9.90 Å². The Kier molecular flexibility index (Phi) is 3.76. The first-order valence-electron chi connectivity index (χ1n) is 3.36. The van der Waals surface area contributed by atoms with Gasteiger partial charge in [0.2, 0.25) is 0 Å². The van der Waals surface area contributed by atoms with Crippen LogP contribution in [0, 0.1) is 0 Å². The minimum atomic E-state index is -0.892. The average Bonchev–Trinajstić information content (AvgIpc) is 1.99. The molecule has 2 nitrogen and oxygen atoms in total. The largest absolute Gasteiger partial charge is 0.481 e. The molecule has 0 aliphatic carbocycles. The van der Waals surface area contributed by atoms with Gasteiger partial charge in [0.25, 0.3) is 0 Å². The van der Waals surface area contributed by atoms with Gasteiger partial charge < -0.3 is 5.11 Å². The van der Waals surface area contributed by atoms with Crippen molar-refractivity contribution in [2.75, 3.05) is 0 Å². The highest BCUT2D eigenvalue weighted by molar-refractivity contribution is 9.13. The summed E-state index contributed by atoms with van der Waals surface area (Å²) < 4.78 is 1.61. The quantitative estimate of drug-likeness (QED) is 0.844. The summed E-state index contributed by atoms with van der Waals surface area (Å²) in [5, 5.41) is 9.02. The Morgan fingerprint density at radius 3 is 2.46 bits per heavy atom. The molecule has 13 heavy (non-hydrogen) atoms. The normalized spacial score (nSPS) is 10.1. The van der Waals surface area contributed by atoms with Gasteiger partial charge in [0, 0.05) is 14.0 Å². The second-order valence-electron chi connectivity index (χ2n) is 2.43. The van der Waals surface area contributed by atoms with E-state index in [0.717, 1.165) is 8.95 Å². The van der Waals surface area contributed by atoms with Gasteiger partial charge in [-0.15, -0.1) is 0 Å². The van der Waals surface area contributed by atoms with Crippen LogP contribution in [-0.2, 0) is 11.2 Å². The van der Waals surface area contributed by atoms with Gasteiger partial charge in [-0.1, -0.05) is 11.6 Å². The van der Waals surface area contributed by atoms with Crippen LogP contribution in [-0.4, -0.2) is 11.1 Å². The molecule has 1 aromatic carbocycles. The fourth-order valence-corrected chi connectivity index (χ4v) is 1.96. The zero-order chi connectivity index (χ0) is 10.0. The molecule has 0 spiro atoms. The summed E-state index contributed by atoms with van der Waals surface area (Å²) in [4.78, 5) is 10.4. The molecule has 0 aliphatic heterocycles. The van der Waals surface area contributed by atoms with E-state index in [1.807, 2.05) is 0 Å². The smallest absolute Gasteiger partial charge is 0.307 e. The molecule has 0 atom stereocenters. The first kappa shape index (κ1) is 11.0. The van der Waals surface area contributed by atoms with Crippen molar-refractivity contribution >= 4 is 49.4 Å². The van der Waals surface area contributed by atoms with Gasteiger partial charge >= 0.3 is 5.97 Å². The SMILES string of the molecule is O=C(O)Cc1cc(Br)c(Br)cc1Cl. The van der Waals surface area contributed by atoms with Crippen molar-refractivity contribution in [2.24, 2.45) is 0 Å². The zero-order valence-electron chi connectivity index (χ0n) is 6.35. The number of hydrogen-bond donors (Lipinski definition) is 1. The third kappa shape index (κ3) is 2.97. The zero-order valence-corrected chi connectivity index (χ0v) is 10.3. The lowest BCUT2D eigenvalue weighted by atomic mass is 10.1. The summed E-state index contributed by atoms with van der Waals surface area (Å²) in [5.41, 5.74) is 0.601. The van der Waals surface area contributed by atoms with Gasteiger partial charge in [-0.05, 0) is 49.6 Å². The first-order chi connectivity index (χ1) is 6.00. The molecule has 0 amide bonds. The highest BCUT2D eigenvalue weighted by Crippen LogP contribution is 2.29. The van der Waals surface area contributed by atoms with E-state index < -0.39 is 5.97 Å². The van der Waals surface area contributed by atoms with E-state index in [9.17, 15) is 4.79 Å². The molecule has 70 valence electrons. The van der Waals surface area contributed by atoms with Crippen LogP contribution in [0.4, 0.5) is 0 Å². The lowest BCUT2D eigenvalue weighted by Crippen LogP contribution is -2.00. The maximum absolute atomic E-state index is 10.4. The number of benzene rings is 1. The maximum Gasteiger partial charge on any atom is 0.307 e. The minimum Gasteiger partial charge on any atom is -0.481 e. The van der Waals surface area contributed by atoms with Crippen molar-refractivity contribution in [3.8, 4) is 0 Å². The Morgan fingerprint density at radius 1 is 1.38 bits per heavy atom. The second kappa shape index (κ2) is 4.44. The van der Waals surface area contributed by atoms with E-state index in [2.05, 4.69) is 31.9 Å². The van der Waals surface area contributed by atoms with Crippen LogP contribution in [0.5, 0.6) is 0 Å². The number of carboxylic acid groups (broad SMARTS) is 1. The third-order valence-electron chi connectivity index (χ3n) is 1.43. The molecular weight excluding hydrogens is 323 g/mol. The van der Waals surface area contributed by atoms with Crippen LogP contribution < -0.4 is 0 Å². The van der Waals surface area contributed by atoms with E-state index in [0.29, 0.717) is 10.6 Å². The number of carbonyl (C=O) groups is 1. The van der Waals surface area contributed by atoms with Gasteiger partial charge in [-0.3, -0.25) is 4.79 Å². The number of carboxylic acids is 1. The summed E-state index contributed by atoms with van der Waals surface area (Å²) in [5.74, 6) is -0.892. The van der Waals surface area contributed by atoms with Gasteiger partial charge in [0.05, 0.1) is 6.42 Å². The van der Waals surface area contributed by atoms with Gasteiger partial charge in [0.1, 0.15) is 0 Å². The monoisotopic (exact) mass is 326 g/mol. The minimum absolute atomic E-state index is 0.0648. The van der Waals surface area contributed by atoms with Crippen molar-refractivity contribution in [1.82, 2.24) is 0 Å². The van der Waals surface area contributed by atoms with Crippen molar-refractivity contribution in [3.05, 3.63) is 31.7 Å². The molecule has 0 saturated heterocycles. The Labute approximate surface area is 97.2 Å². The molecule has 5 heteroatoms. The van der Waals surface area contributed by atoms with E-state index in [-0.39, 0.29) is 6.42 Å². The van der Waals surface area contributed by atoms with Crippen LogP contribution >= 0.6 is 43.5 Å². The average molecular weight is 328 g/mol. The fourth-order valence-electron chi connectivity index (χ4n) is 0.862. The predicted molar refractivity (Wildman–Crippen MR) is 58.2 cm³/mol. The molecule has 1 N–H and O–H groups in total. The van der Waals surface area contributed by atoms with Crippen LogP contribution in [0.1, 0.15) is 5.56 Å². The van der Waals surface area contributed by atoms with Crippen molar-refractivity contribution in [3.63, 3.8) is 0 Å². The van der Waals surface area contributed by atoms with E-state index in [1.54, 1.807) is 12.1 Å². The molecule has 0 aliphatic rings. The summed E-state index contributed by atoms with van der Waals surface area (Å²) >= 11 is 12.4. The van der Waals surface area contributed by atoms with E-state index >= 15 is 0 Å². The van der Waals surface area contributed by atoms with Crippen LogP contribution in [0.25, 0.3) is 0 Å². The van der Waals surface area contributed by atoms with Gasteiger partial charge in [0.15, 0.2) is 0 Å². The van der Waals surface area contributed by atoms with Gasteiger partial charge in [-0.2, -0.15) is 0 Å². The number of hydrogen-bond acceptors (Lipinski definition) is 1. The summed E-state index contributed by atoms with van der Waals surface area (Å²) in [7, 11) is 0. The summed E-state index contributed by atoms with van der Waals surface area (Å²) in [6.07, 6.45) is -0.0648. The Bertz CT molecular complexity index is 352. The Hall–Kier alpha value is -0.0600. The standard InChI is InChI=1S/C8H5Br2ClO2/c9-5-1-4(2-8(12)13)7(11)3-6(5)10/h1,3H,2H2,(H,12,13). The second-order valence-corrected chi connectivity index (χ2v) is 4.54. The lowest BCUT2D eigenvalue weighted by molar-refractivity contribution is -0.136. The lowest BCUT2D eigenvalue weighted by Gasteiger charge is -2.03. The predicted octanol–water partition coefficient (Wildman–Crippen LogP) is 3.49. The Morgan fingerprint density at radius 2 is 1.92 bits per heavy atom. The van der Waals surface area contributed by atoms with Crippen molar-refractivity contribution in [1.29, 1.82) is 0 Å². The molecule has 0 radical (unpaired) electrons. The maximum atomic E-state index is 10.4. The number of rotatable bonds is 2.